The number of aromatic nitrogens is 2. The van der Waals surface area contributed by atoms with Gasteiger partial charge in [0, 0.05) is 19.6 Å². The standard InChI is InChI=1S/C23H27N3O6/c1-4-25-17-7-5-6-8-18(17)26(23(25)29)12-11-22(28)32-15-21(27)24-14-16-9-10-19(30-2)20(13-16)31-3/h5-10,13H,4,11-12,14-15H2,1-3H3,(H,24,27). The molecule has 3 aromatic rings. The van der Waals surface area contributed by atoms with Crippen LogP contribution in [-0.2, 0) is 34.0 Å². The van der Waals surface area contributed by atoms with Crippen molar-refractivity contribution in [2.75, 3.05) is 20.8 Å². The number of aryl methyl sites for hydroxylation is 2. The summed E-state index contributed by atoms with van der Waals surface area (Å²) in [6.45, 7) is 2.48. The van der Waals surface area contributed by atoms with Crippen molar-refractivity contribution in [1.82, 2.24) is 14.5 Å². The molecule has 1 aromatic heterocycles. The van der Waals surface area contributed by atoms with Crippen LogP contribution < -0.4 is 20.5 Å². The number of benzene rings is 2. The van der Waals surface area contributed by atoms with Gasteiger partial charge in [-0.05, 0) is 36.8 Å². The zero-order valence-electron chi connectivity index (χ0n) is 18.4. The largest absolute Gasteiger partial charge is 0.493 e. The van der Waals surface area contributed by atoms with Crippen LogP contribution in [0.4, 0.5) is 0 Å². The van der Waals surface area contributed by atoms with Gasteiger partial charge in [0.2, 0.25) is 0 Å². The molecule has 2 aromatic carbocycles. The molecule has 1 amide bonds. The van der Waals surface area contributed by atoms with Gasteiger partial charge in [-0.3, -0.25) is 18.7 Å². The van der Waals surface area contributed by atoms with E-state index < -0.39 is 18.5 Å². The number of ether oxygens (including phenoxy) is 3. The van der Waals surface area contributed by atoms with Gasteiger partial charge in [0.05, 0.1) is 31.7 Å². The Hall–Kier alpha value is -3.75. The molecule has 0 aliphatic rings. The van der Waals surface area contributed by atoms with E-state index in [9.17, 15) is 14.4 Å². The fourth-order valence-corrected chi connectivity index (χ4v) is 3.46. The van der Waals surface area contributed by atoms with Crippen molar-refractivity contribution in [2.45, 2.75) is 33.0 Å². The van der Waals surface area contributed by atoms with E-state index in [-0.39, 0.29) is 25.2 Å². The molecule has 0 fully saturated rings. The normalized spacial score (nSPS) is 10.7. The van der Waals surface area contributed by atoms with E-state index in [4.69, 9.17) is 14.2 Å². The van der Waals surface area contributed by atoms with Gasteiger partial charge in [-0.25, -0.2) is 4.79 Å². The van der Waals surface area contributed by atoms with E-state index in [2.05, 4.69) is 5.32 Å². The first kappa shape index (κ1) is 22.9. The fraction of sp³-hybridized carbons (Fsp3) is 0.348. The monoisotopic (exact) mass is 441 g/mol. The fourth-order valence-electron chi connectivity index (χ4n) is 3.46. The third-order valence-corrected chi connectivity index (χ3v) is 5.08. The molecule has 0 aliphatic carbocycles. The molecule has 0 bridgehead atoms. The highest BCUT2D eigenvalue weighted by atomic mass is 16.5. The molecular weight excluding hydrogens is 414 g/mol. The predicted molar refractivity (Wildman–Crippen MR) is 119 cm³/mol. The minimum Gasteiger partial charge on any atom is -0.493 e. The number of rotatable bonds is 10. The summed E-state index contributed by atoms with van der Waals surface area (Å²) in [6.07, 6.45) is -0.0133. The minimum atomic E-state index is -0.550. The van der Waals surface area contributed by atoms with Crippen molar-refractivity contribution < 1.29 is 23.8 Å². The SMILES string of the molecule is CCn1c(=O)n(CCC(=O)OCC(=O)NCc2ccc(OC)c(OC)c2)c2ccccc21. The van der Waals surface area contributed by atoms with Crippen molar-refractivity contribution in [3.05, 3.63) is 58.5 Å². The molecular formula is C23H27N3O6. The molecule has 0 aliphatic heterocycles. The lowest BCUT2D eigenvalue weighted by molar-refractivity contribution is -0.148. The number of nitrogens with one attached hydrogen (secondary N) is 1. The Balaban J connectivity index is 1.49. The van der Waals surface area contributed by atoms with Crippen LogP contribution in [0.2, 0.25) is 0 Å². The Morgan fingerprint density at radius 3 is 2.31 bits per heavy atom. The molecule has 0 atom stereocenters. The number of nitrogens with zero attached hydrogens (tertiary/aromatic N) is 2. The van der Waals surface area contributed by atoms with E-state index in [0.29, 0.717) is 18.0 Å². The highest BCUT2D eigenvalue weighted by Crippen LogP contribution is 2.27. The van der Waals surface area contributed by atoms with E-state index in [1.54, 1.807) is 34.4 Å². The van der Waals surface area contributed by atoms with Crippen LogP contribution in [0.25, 0.3) is 11.0 Å². The van der Waals surface area contributed by atoms with Crippen LogP contribution in [0.15, 0.2) is 47.3 Å². The third kappa shape index (κ3) is 5.11. The molecule has 0 spiro atoms. The van der Waals surface area contributed by atoms with E-state index in [0.717, 1.165) is 16.6 Å². The number of para-hydroxylation sites is 2. The summed E-state index contributed by atoms with van der Waals surface area (Å²) in [5, 5.41) is 2.69. The van der Waals surface area contributed by atoms with Gasteiger partial charge in [-0.2, -0.15) is 0 Å². The number of methoxy groups -OCH3 is 2. The third-order valence-electron chi connectivity index (χ3n) is 5.08. The molecule has 9 nitrogen and oxygen atoms in total. The second kappa shape index (κ2) is 10.5. The van der Waals surface area contributed by atoms with Crippen molar-refractivity contribution in [3.8, 4) is 11.5 Å². The lowest BCUT2D eigenvalue weighted by atomic mass is 10.2. The summed E-state index contributed by atoms with van der Waals surface area (Å²) < 4.78 is 18.7. The molecule has 3 rings (SSSR count). The summed E-state index contributed by atoms with van der Waals surface area (Å²) >= 11 is 0. The van der Waals surface area contributed by atoms with Gasteiger partial charge in [0.25, 0.3) is 5.91 Å². The molecule has 1 N–H and O–H groups in total. The summed E-state index contributed by atoms with van der Waals surface area (Å²) in [5.74, 6) is 0.183. The van der Waals surface area contributed by atoms with Gasteiger partial charge >= 0.3 is 11.7 Å². The van der Waals surface area contributed by atoms with Crippen molar-refractivity contribution in [1.29, 1.82) is 0 Å². The van der Waals surface area contributed by atoms with Crippen molar-refractivity contribution in [3.63, 3.8) is 0 Å². The summed E-state index contributed by atoms with van der Waals surface area (Å²) in [7, 11) is 3.08. The highest BCUT2D eigenvalue weighted by molar-refractivity contribution is 5.80. The maximum atomic E-state index is 12.6. The highest BCUT2D eigenvalue weighted by Gasteiger charge is 2.14. The van der Waals surface area contributed by atoms with E-state index in [1.807, 2.05) is 31.2 Å². The Bertz CT molecular complexity index is 1160. The number of carbonyl (C=O) groups excluding carboxylic acids is 2. The number of amides is 1. The molecule has 0 saturated heterocycles. The first-order chi connectivity index (χ1) is 15.5. The van der Waals surface area contributed by atoms with Crippen molar-refractivity contribution >= 4 is 22.9 Å². The number of hydrogen-bond acceptors (Lipinski definition) is 6. The number of esters is 1. The summed E-state index contributed by atoms with van der Waals surface area (Å²) in [5.41, 5.74) is 2.23. The van der Waals surface area contributed by atoms with Gasteiger partial charge in [-0.15, -0.1) is 0 Å². The maximum Gasteiger partial charge on any atom is 0.329 e. The average molecular weight is 441 g/mol. The summed E-state index contributed by atoms with van der Waals surface area (Å²) in [4.78, 5) is 36.8. The van der Waals surface area contributed by atoms with Crippen LogP contribution in [0.1, 0.15) is 18.9 Å². The van der Waals surface area contributed by atoms with Gasteiger partial charge in [0.15, 0.2) is 18.1 Å². The predicted octanol–water partition coefficient (Wildman–Crippen LogP) is 2.09. The second-order valence-corrected chi connectivity index (χ2v) is 7.04. The minimum absolute atomic E-state index is 0.0133. The number of imidazole rings is 1. The van der Waals surface area contributed by atoms with Crippen LogP contribution in [-0.4, -0.2) is 41.8 Å². The Morgan fingerprint density at radius 2 is 1.66 bits per heavy atom. The van der Waals surface area contributed by atoms with Crippen LogP contribution in [0, 0.1) is 0 Å². The topological polar surface area (TPSA) is 101 Å². The van der Waals surface area contributed by atoms with E-state index in [1.165, 1.54) is 7.11 Å². The Labute approximate surface area is 185 Å². The lowest BCUT2D eigenvalue weighted by Crippen LogP contribution is -2.29. The van der Waals surface area contributed by atoms with Crippen molar-refractivity contribution in [2.24, 2.45) is 0 Å². The first-order valence-electron chi connectivity index (χ1n) is 10.3. The van der Waals surface area contributed by atoms with Gasteiger partial charge in [-0.1, -0.05) is 18.2 Å². The number of hydrogen-bond donors (Lipinski definition) is 1. The zero-order valence-corrected chi connectivity index (χ0v) is 18.4. The molecule has 0 saturated carbocycles. The van der Waals surface area contributed by atoms with Gasteiger partial charge in [0.1, 0.15) is 0 Å². The van der Waals surface area contributed by atoms with Crippen LogP contribution in [0.3, 0.4) is 0 Å². The van der Waals surface area contributed by atoms with E-state index >= 15 is 0 Å². The average Bonchev–Trinajstić information content (AvgIpc) is 3.09. The smallest absolute Gasteiger partial charge is 0.329 e. The second-order valence-electron chi connectivity index (χ2n) is 7.04. The molecule has 0 radical (unpaired) electrons. The Morgan fingerprint density at radius 1 is 0.969 bits per heavy atom. The molecule has 1 heterocycles. The first-order valence-corrected chi connectivity index (χ1v) is 10.3. The molecule has 0 unspecified atom stereocenters. The van der Waals surface area contributed by atoms with Gasteiger partial charge < -0.3 is 19.5 Å². The molecule has 32 heavy (non-hydrogen) atoms. The summed E-state index contributed by atoms with van der Waals surface area (Å²) in [6, 6.07) is 12.7. The maximum absolute atomic E-state index is 12.6. The zero-order chi connectivity index (χ0) is 23.1. The quantitative estimate of drug-likeness (QED) is 0.484. The Kier molecular flexibility index (Phi) is 7.54. The number of fused-ring (bicyclic) bond motifs is 1. The van der Waals surface area contributed by atoms with Crippen LogP contribution in [0.5, 0.6) is 11.5 Å². The molecule has 170 valence electrons. The number of carbonyl (C=O) groups is 2. The lowest BCUT2D eigenvalue weighted by Gasteiger charge is -2.10. The molecule has 9 heteroatoms. The van der Waals surface area contributed by atoms with Crippen LogP contribution >= 0.6 is 0 Å².